The van der Waals surface area contributed by atoms with Gasteiger partial charge in [-0.3, -0.25) is 14.5 Å². The van der Waals surface area contributed by atoms with Crippen molar-refractivity contribution >= 4 is 28.8 Å². The molecule has 1 saturated heterocycles. The van der Waals surface area contributed by atoms with Crippen LogP contribution in [0.1, 0.15) is 33.5 Å². The predicted octanol–water partition coefficient (Wildman–Crippen LogP) is 2.63. The van der Waals surface area contributed by atoms with Gasteiger partial charge in [0.05, 0.1) is 11.4 Å². The molecule has 6 nitrogen and oxygen atoms in total. The zero-order valence-corrected chi connectivity index (χ0v) is 18.1. The topological polar surface area (TPSA) is 64.7 Å². The van der Waals surface area contributed by atoms with Crippen molar-refractivity contribution in [3.8, 4) is 0 Å². The summed E-state index contributed by atoms with van der Waals surface area (Å²) in [6, 6.07) is 12.4. The number of nitrogens with zero attached hydrogens (tertiary/aromatic N) is 2. The lowest BCUT2D eigenvalue weighted by Gasteiger charge is -2.36. The molecule has 1 aliphatic rings. The third-order valence-electron chi connectivity index (χ3n) is 5.07. The zero-order chi connectivity index (χ0) is 20.6. The van der Waals surface area contributed by atoms with Gasteiger partial charge in [-0.05, 0) is 49.7 Å². The molecule has 1 fully saturated rings. The Morgan fingerprint density at radius 3 is 2.59 bits per heavy atom. The minimum Gasteiger partial charge on any atom is -0.369 e. The van der Waals surface area contributed by atoms with Crippen LogP contribution in [0, 0.1) is 6.92 Å². The van der Waals surface area contributed by atoms with Crippen LogP contribution >= 0.6 is 11.3 Å². The van der Waals surface area contributed by atoms with Gasteiger partial charge in [0.25, 0.3) is 5.91 Å². The third kappa shape index (κ3) is 6.58. The first kappa shape index (κ1) is 21.3. The monoisotopic (exact) mass is 414 g/mol. The van der Waals surface area contributed by atoms with Gasteiger partial charge in [0.1, 0.15) is 0 Å². The summed E-state index contributed by atoms with van der Waals surface area (Å²) in [6.45, 7) is 9.97. The number of nitrogens with one attached hydrogen (secondary N) is 2. The van der Waals surface area contributed by atoms with Crippen molar-refractivity contribution in [2.75, 3.05) is 44.2 Å². The molecule has 0 radical (unpaired) electrons. The maximum Gasteiger partial charge on any atom is 0.261 e. The Hall–Kier alpha value is -2.38. The lowest BCUT2D eigenvalue weighted by Crippen LogP contribution is -2.47. The summed E-state index contributed by atoms with van der Waals surface area (Å²) in [5, 5.41) is 5.75. The predicted molar refractivity (Wildman–Crippen MR) is 119 cm³/mol. The van der Waals surface area contributed by atoms with Crippen molar-refractivity contribution < 1.29 is 9.59 Å². The summed E-state index contributed by atoms with van der Waals surface area (Å²) in [4.78, 5) is 29.8. The number of anilines is 1. The molecular formula is C22H30N4O2S. The molecule has 0 spiro atoms. The zero-order valence-electron chi connectivity index (χ0n) is 17.2. The largest absolute Gasteiger partial charge is 0.369 e. The molecule has 0 bridgehead atoms. The molecule has 7 heteroatoms. The first-order valence-electron chi connectivity index (χ1n) is 10.2. The normalized spacial score (nSPS) is 14.6. The fraction of sp³-hybridized carbons (Fsp3) is 0.455. The molecule has 3 rings (SSSR count). The first-order valence-corrected chi connectivity index (χ1v) is 11.0. The number of aryl methyl sites for hydroxylation is 1. The van der Waals surface area contributed by atoms with E-state index in [2.05, 4.69) is 51.6 Å². The van der Waals surface area contributed by atoms with Gasteiger partial charge in [0.2, 0.25) is 5.91 Å². The second-order valence-electron chi connectivity index (χ2n) is 7.45. The highest BCUT2D eigenvalue weighted by Gasteiger charge is 2.17. The van der Waals surface area contributed by atoms with Crippen molar-refractivity contribution in [1.29, 1.82) is 0 Å². The lowest BCUT2D eigenvalue weighted by molar-refractivity contribution is -0.119. The number of piperazine rings is 1. The van der Waals surface area contributed by atoms with E-state index in [1.54, 1.807) is 0 Å². The van der Waals surface area contributed by atoms with Crippen LogP contribution in [0.5, 0.6) is 0 Å². The molecule has 2 amide bonds. The van der Waals surface area contributed by atoms with E-state index in [-0.39, 0.29) is 11.8 Å². The van der Waals surface area contributed by atoms with E-state index < -0.39 is 0 Å². The van der Waals surface area contributed by atoms with Crippen LogP contribution in [0.25, 0.3) is 0 Å². The Kier molecular flexibility index (Phi) is 7.66. The molecule has 0 aliphatic carbocycles. The second-order valence-corrected chi connectivity index (χ2v) is 8.62. The maximum absolute atomic E-state index is 12.3. The van der Waals surface area contributed by atoms with Gasteiger partial charge in [-0.25, -0.2) is 0 Å². The third-order valence-corrected chi connectivity index (χ3v) is 6.16. The molecule has 1 aromatic carbocycles. The molecule has 2 N–H and O–H groups in total. The summed E-state index contributed by atoms with van der Waals surface area (Å²) in [6.07, 6.45) is 0.945. The van der Waals surface area contributed by atoms with E-state index in [0.717, 1.165) is 44.0 Å². The Labute approximate surface area is 176 Å². The van der Waals surface area contributed by atoms with Gasteiger partial charge in [-0.15, -0.1) is 11.3 Å². The van der Waals surface area contributed by atoms with Gasteiger partial charge in [-0.2, -0.15) is 0 Å². The average molecular weight is 415 g/mol. The van der Waals surface area contributed by atoms with Gasteiger partial charge >= 0.3 is 0 Å². The number of benzene rings is 1. The van der Waals surface area contributed by atoms with Crippen molar-refractivity contribution in [2.24, 2.45) is 0 Å². The van der Waals surface area contributed by atoms with Crippen LogP contribution in [-0.4, -0.2) is 56.0 Å². The molecule has 1 aromatic heterocycles. The highest BCUT2D eigenvalue weighted by molar-refractivity contribution is 7.14. The van der Waals surface area contributed by atoms with Crippen molar-refractivity contribution in [1.82, 2.24) is 15.5 Å². The number of carbonyl (C=O) groups is 2. The van der Waals surface area contributed by atoms with Gasteiger partial charge < -0.3 is 15.5 Å². The Morgan fingerprint density at radius 1 is 1.07 bits per heavy atom. The van der Waals surface area contributed by atoms with E-state index in [1.807, 2.05) is 12.1 Å². The summed E-state index contributed by atoms with van der Waals surface area (Å²) < 4.78 is 0. The molecule has 156 valence electrons. The molecule has 0 atom stereocenters. The number of carbonyl (C=O) groups excluding carboxylic acids is 2. The number of hydrogen-bond acceptors (Lipinski definition) is 5. The van der Waals surface area contributed by atoms with Crippen LogP contribution in [0.4, 0.5) is 5.69 Å². The standard InChI is InChI=1S/C22H30N4O2S/c1-17-5-3-6-19(15-17)26-13-11-25(12-14-26)10-4-9-23-22(28)21-8-7-20(29-21)16-24-18(2)27/h3,5-8,15H,4,9-14,16H2,1-2H3,(H,23,28)(H,24,27). The van der Waals surface area contributed by atoms with Crippen molar-refractivity contribution in [3.63, 3.8) is 0 Å². The van der Waals surface area contributed by atoms with Crippen LogP contribution in [0.15, 0.2) is 36.4 Å². The van der Waals surface area contributed by atoms with Crippen molar-refractivity contribution in [3.05, 3.63) is 51.7 Å². The van der Waals surface area contributed by atoms with Gasteiger partial charge in [-0.1, -0.05) is 12.1 Å². The molecule has 29 heavy (non-hydrogen) atoms. The highest BCUT2D eigenvalue weighted by Crippen LogP contribution is 2.18. The van der Waals surface area contributed by atoms with Crippen LogP contribution < -0.4 is 15.5 Å². The number of rotatable bonds is 8. The van der Waals surface area contributed by atoms with Crippen LogP contribution in [-0.2, 0) is 11.3 Å². The Morgan fingerprint density at radius 2 is 1.86 bits per heavy atom. The summed E-state index contributed by atoms with van der Waals surface area (Å²) in [7, 11) is 0. The average Bonchev–Trinajstić information content (AvgIpc) is 3.19. The number of thiophene rings is 1. The smallest absolute Gasteiger partial charge is 0.261 e. The fourth-order valence-electron chi connectivity index (χ4n) is 3.45. The van der Waals surface area contributed by atoms with Crippen LogP contribution in [0.3, 0.4) is 0 Å². The van der Waals surface area contributed by atoms with E-state index in [9.17, 15) is 9.59 Å². The first-order chi connectivity index (χ1) is 14.0. The highest BCUT2D eigenvalue weighted by atomic mass is 32.1. The Balaban J connectivity index is 1.33. The maximum atomic E-state index is 12.3. The molecule has 0 unspecified atom stereocenters. The minimum atomic E-state index is -0.0656. The second kappa shape index (κ2) is 10.4. The van der Waals surface area contributed by atoms with Crippen molar-refractivity contribution in [2.45, 2.75) is 26.8 Å². The van der Waals surface area contributed by atoms with E-state index in [1.165, 1.54) is 29.5 Å². The molecule has 1 aliphatic heterocycles. The summed E-state index contributed by atoms with van der Waals surface area (Å²) in [5.41, 5.74) is 2.61. The molecule has 2 heterocycles. The molecule has 2 aromatic rings. The molecule has 0 saturated carbocycles. The van der Waals surface area contributed by atoms with E-state index >= 15 is 0 Å². The van der Waals surface area contributed by atoms with Crippen LogP contribution in [0.2, 0.25) is 0 Å². The SMILES string of the molecule is CC(=O)NCc1ccc(C(=O)NCCCN2CCN(c3cccc(C)c3)CC2)s1. The number of hydrogen-bond donors (Lipinski definition) is 2. The fourth-order valence-corrected chi connectivity index (χ4v) is 4.32. The quantitative estimate of drug-likeness (QED) is 0.652. The Bertz CT molecular complexity index is 828. The minimum absolute atomic E-state index is 0.0339. The van der Waals surface area contributed by atoms with E-state index in [4.69, 9.17) is 0 Å². The number of amides is 2. The van der Waals surface area contributed by atoms with Gasteiger partial charge in [0.15, 0.2) is 0 Å². The van der Waals surface area contributed by atoms with Gasteiger partial charge in [0, 0.05) is 50.2 Å². The van der Waals surface area contributed by atoms with E-state index in [0.29, 0.717) is 18.0 Å². The molecular weight excluding hydrogens is 384 g/mol. The summed E-state index contributed by atoms with van der Waals surface area (Å²) >= 11 is 1.43. The lowest BCUT2D eigenvalue weighted by atomic mass is 10.2. The summed E-state index contributed by atoms with van der Waals surface area (Å²) in [5.74, 6) is -0.0996.